The lowest BCUT2D eigenvalue weighted by Crippen LogP contribution is -2.65. The number of β-amino-alcohol motifs (C(OH)–C–C–N with tert-alkyl or cyclic N) is 1. The number of carbonyl (C=O) groups is 1. The molecule has 2 aliphatic heterocycles. The van der Waals surface area contributed by atoms with Crippen molar-refractivity contribution in [1.82, 2.24) is 9.80 Å². The predicted molar refractivity (Wildman–Crippen MR) is 78.6 cm³/mol. The summed E-state index contributed by atoms with van der Waals surface area (Å²) in [5.41, 5.74) is -0.575. The van der Waals surface area contributed by atoms with E-state index in [-0.39, 0.29) is 23.5 Å². The molecule has 3 aliphatic rings. The molecule has 7 heteroatoms. The first-order valence-corrected chi connectivity index (χ1v) is 9.60. The van der Waals surface area contributed by atoms with Crippen LogP contribution in [0.1, 0.15) is 26.2 Å². The summed E-state index contributed by atoms with van der Waals surface area (Å²) in [4.78, 5) is 16.0. The molecule has 0 aromatic rings. The molecule has 0 aromatic heterocycles. The van der Waals surface area contributed by atoms with Crippen LogP contribution in [0.3, 0.4) is 0 Å². The Balaban J connectivity index is 1.52. The number of likely N-dealkylation sites (N-methyl/N-ethyl adjacent to an activating group) is 1. The number of likely N-dealkylation sites (tertiary alicyclic amines) is 1. The molecule has 0 aromatic carbocycles. The first kappa shape index (κ1) is 15.2. The summed E-state index contributed by atoms with van der Waals surface area (Å²) in [7, 11) is -2.97. The van der Waals surface area contributed by atoms with Crippen molar-refractivity contribution in [3.05, 3.63) is 0 Å². The molecule has 2 saturated heterocycles. The first-order chi connectivity index (χ1) is 9.83. The van der Waals surface area contributed by atoms with Gasteiger partial charge in [-0.3, -0.25) is 9.69 Å². The van der Waals surface area contributed by atoms with Crippen LogP contribution in [0.25, 0.3) is 0 Å². The lowest BCUT2D eigenvalue weighted by molar-refractivity contribution is -0.146. The van der Waals surface area contributed by atoms with E-state index >= 15 is 0 Å². The Morgan fingerprint density at radius 3 is 2.48 bits per heavy atom. The zero-order valence-corrected chi connectivity index (χ0v) is 13.3. The lowest BCUT2D eigenvalue weighted by Gasteiger charge is -2.47. The maximum atomic E-state index is 12.4. The van der Waals surface area contributed by atoms with Gasteiger partial charge in [0.05, 0.1) is 23.7 Å². The summed E-state index contributed by atoms with van der Waals surface area (Å²) >= 11 is 0. The average molecular weight is 316 g/mol. The molecule has 1 atom stereocenters. The second kappa shape index (κ2) is 5.21. The number of carbonyl (C=O) groups excluding carboxylic acids is 1. The predicted octanol–water partition coefficient (Wildman–Crippen LogP) is -0.521. The van der Waals surface area contributed by atoms with E-state index in [0.717, 1.165) is 12.8 Å². The SMILES string of the molecule is CCN(C(=O)CN1CC(O)(C2CC2)C1)C1CCS(=O)(=O)C1. The Hall–Kier alpha value is -0.660. The number of hydrogen-bond acceptors (Lipinski definition) is 5. The number of hydrogen-bond donors (Lipinski definition) is 1. The van der Waals surface area contributed by atoms with Crippen LogP contribution in [0.5, 0.6) is 0 Å². The van der Waals surface area contributed by atoms with Crippen molar-refractivity contribution in [3.8, 4) is 0 Å². The highest BCUT2D eigenvalue weighted by molar-refractivity contribution is 7.91. The highest BCUT2D eigenvalue weighted by Gasteiger charge is 2.52. The molecule has 3 fully saturated rings. The number of nitrogens with zero attached hydrogens (tertiary/aromatic N) is 2. The molecular formula is C14H24N2O4S. The molecule has 0 radical (unpaired) electrons. The summed E-state index contributed by atoms with van der Waals surface area (Å²) in [5.74, 6) is 0.689. The molecule has 6 nitrogen and oxygen atoms in total. The van der Waals surface area contributed by atoms with Crippen LogP contribution in [-0.4, -0.2) is 78.6 Å². The van der Waals surface area contributed by atoms with Gasteiger partial charge in [0.25, 0.3) is 0 Å². The number of sulfone groups is 1. The van der Waals surface area contributed by atoms with Crippen LogP contribution in [0.4, 0.5) is 0 Å². The van der Waals surface area contributed by atoms with Gasteiger partial charge in [0.2, 0.25) is 5.91 Å². The van der Waals surface area contributed by atoms with E-state index in [1.807, 2.05) is 11.8 Å². The van der Waals surface area contributed by atoms with Crippen molar-refractivity contribution in [2.75, 3.05) is 37.7 Å². The minimum Gasteiger partial charge on any atom is -0.387 e. The third kappa shape index (κ3) is 3.10. The maximum Gasteiger partial charge on any atom is 0.237 e. The van der Waals surface area contributed by atoms with Crippen LogP contribution >= 0.6 is 0 Å². The lowest BCUT2D eigenvalue weighted by atomic mass is 9.89. The summed E-state index contributed by atoms with van der Waals surface area (Å²) in [6, 6.07) is -0.170. The smallest absolute Gasteiger partial charge is 0.237 e. The summed E-state index contributed by atoms with van der Waals surface area (Å²) in [5, 5.41) is 10.3. The summed E-state index contributed by atoms with van der Waals surface area (Å²) in [6.07, 6.45) is 2.74. The van der Waals surface area contributed by atoms with E-state index in [9.17, 15) is 18.3 Å². The van der Waals surface area contributed by atoms with Gasteiger partial charge in [-0.2, -0.15) is 0 Å². The van der Waals surface area contributed by atoms with Gasteiger partial charge in [0.15, 0.2) is 9.84 Å². The Kier molecular flexibility index (Phi) is 3.78. The fourth-order valence-corrected chi connectivity index (χ4v) is 5.39. The zero-order chi connectivity index (χ0) is 15.3. The molecule has 2 heterocycles. The maximum absolute atomic E-state index is 12.4. The van der Waals surface area contributed by atoms with Crippen molar-refractivity contribution in [2.24, 2.45) is 5.92 Å². The van der Waals surface area contributed by atoms with Crippen molar-refractivity contribution in [3.63, 3.8) is 0 Å². The fourth-order valence-electron chi connectivity index (χ4n) is 3.66. The Morgan fingerprint density at radius 1 is 1.33 bits per heavy atom. The van der Waals surface area contributed by atoms with Crippen molar-refractivity contribution >= 4 is 15.7 Å². The van der Waals surface area contributed by atoms with Crippen molar-refractivity contribution in [2.45, 2.75) is 37.8 Å². The standard InChI is InChI=1S/C14H24N2O4S/c1-2-16(12-5-6-21(19,20)8-12)13(17)7-15-9-14(18,10-15)11-3-4-11/h11-12,18H,2-10H2,1H3. The normalized spacial score (nSPS) is 30.9. The first-order valence-electron chi connectivity index (χ1n) is 7.77. The minimum atomic E-state index is -2.97. The largest absolute Gasteiger partial charge is 0.387 e. The van der Waals surface area contributed by atoms with Gasteiger partial charge in [-0.1, -0.05) is 0 Å². The Bertz CT molecular complexity index is 523. The van der Waals surface area contributed by atoms with Crippen LogP contribution in [0.2, 0.25) is 0 Å². The van der Waals surface area contributed by atoms with Crippen LogP contribution in [0.15, 0.2) is 0 Å². The molecule has 1 saturated carbocycles. The molecule has 1 amide bonds. The summed E-state index contributed by atoms with van der Waals surface area (Å²) in [6.45, 7) is 3.87. The van der Waals surface area contributed by atoms with Gasteiger partial charge in [0, 0.05) is 25.7 Å². The topological polar surface area (TPSA) is 77.9 Å². The van der Waals surface area contributed by atoms with E-state index in [1.165, 1.54) is 0 Å². The zero-order valence-electron chi connectivity index (χ0n) is 12.5. The monoisotopic (exact) mass is 316 g/mol. The number of aliphatic hydroxyl groups is 1. The van der Waals surface area contributed by atoms with Crippen LogP contribution in [-0.2, 0) is 14.6 Å². The second-order valence-electron chi connectivity index (χ2n) is 6.76. The average Bonchev–Trinajstić information content (AvgIpc) is 3.14. The van der Waals surface area contributed by atoms with Crippen molar-refractivity contribution < 1.29 is 18.3 Å². The van der Waals surface area contributed by atoms with E-state index in [4.69, 9.17) is 0 Å². The van der Waals surface area contributed by atoms with Crippen molar-refractivity contribution in [1.29, 1.82) is 0 Å². The van der Waals surface area contributed by atoms with Gasteiger partial charge in [-0.05, 0) is 32.1 Å². The van der Waals surface area contributed by atoms with Crippen LogP contribution in [0, 0.1) is 5.92 Å². The van der Waals surface area contributed by atoms with E-state index < -0.39 is 15.4 Å². The quantitative estimate of drug-likeness (QED) is 0.738. The van der Waals surface area contributed by atoms with E-state index in [0.29, 0.717) is 38.5 Å². The molecule has 1 N–H and O–H groups in total. The highest BCUT2D eigenvalue weighted by atomic mass is 32.2. The highest BCUT2D eigenvalue weighted by Crippen LogP contribution is 2.44. The Morgan fingerprint density at radius 2 is 2.00 bits per heavy atom. The molecule has 120 valence electrons. The van der Waals surface area contributed by atoms with E-state index in [2.05, 4.69) is 0 Å². The van der Waals surface area contributed by atoms with Gasteiger partial charge in [0.1, 0.15) is 0 Å². The fraction of sp³-hybridized carbons (Fsp3) is 0.929. The third-order valence-electron chi connectivity index (χ3n) is 5.00. The third-order valence-corrected chi connectivity index (χ3v) is 6.75. The molecule has 1 aliphatic carbocycles. The van der Waals surface area contributed by atoms with E-state index in [1.54, 1.807) is 4.90 Å². The second-order valence-corrected chi connectivity index (χ2v) is 8.99. The molecular weight excluding hydrogens is 292 g/mol. The van der Waals surface area contributed by atoms with Crippen LogP contribution < -0.4 is 0 Å². The Labute approximate surface area is 126 Å². The minimum absolute atomic E-state index is 0.0163. The number of rotatable bonds is 5. The van der Waals surface area contributed by atoms with Gasteiger partial charge in [-0.15, -0.1) is 0 Å². The summed E-state index contributed by atoms with van der Waals surface area (Å²) < 4.78 is 23.1. The molecule has 3 rings (SSSR count). The molecule has 0 spiro atoms. The van der Waals surface area contributed by atoms with Gasteiger partial charge >= 0.3 is 0 Å². The molecule has 21 heavy (non-hydrogen) atoms. The van der Waals surface area contributed by atoms with Gasteiger partial charge in [-0.25, -0.2) is 8.42 Å². The number of amides is 1. The molecule has 1 unspecified atom stereocenters. The van der Waals surface area contributed by atoms with Gasteiger partial charge < -0.3 is 10.0 Å². The molecule has 0 bridgehead atoms.